The molecular weight excluding hydrogens is 414 g/mol. The van der Waals surface area contributed by atoms with Crippen molar-refractivity contribution in [3.05, 3.63) is 64.8 Å². The molecule has 1 aliphatic rings. The number of hydrogen-bond acceptors (Lipinski definition) is 3. The number of carbonyl (C=O) groups is 2. The van der Waals surface area contributed by atoms with Crippen LogP contribution in [0.5, 0.6) is 0 Å². The van der Waals surface area contributed by atoms with Gasteiger partial charge in [-0.25, -0.2) is 13.5 Å². The summed E-state index contributed by atoms with van der Waals surface area (Å²) in [7, 11) is 0. The van der Waals surface area contributed by atoms with Crippen molar-refractivity contribution in [1.29, 1.82) is 0 Å². The molecule has 6 nitrogen and oxygen atoms in total. The quantitative estimate of drug-likeness (QED) is 0.622. The van der Waals surface area contributed by atoms with Crippen LogP contribution in [0.3, 0.4) is 0 Å². The summed E-state index contributed by atoms with van der Waals surface area (Å²) in [6, 6.07) is 9.42. The van der Waals surface area contributed by atoms with Crippen molar-refractivity contribution in [2.24, 2.45) is 0 Å². The van der Waals surface area contributed by atoms with Gasteiger partial charge in [0.15, 0.2) is 11.6 Å². The average molecular weight is 431 g/mol. The predicted octanol–water partition coefficient (Wildman–Crippen LogP) is 4.57. The molecule has 0 radical (unpaired) electrons. The molecule has 4 rings (SSSR count). The largest absolute Gasteiger partial charge is 0.326 e. The third-order valence-electron chi connectivity index (χ3n) is 4.85. The van der Waals surface area contributed by atoms with Gasteiger partial charge in [0.2, 0.25) is 5.91 Å². The summed E-state index contributed by atoms with van der Waals surface area (Å²) in [4.78, 5) is 25.0. The van der Waals surface area contributed by atoms with Gasteiger partial charge in [-0.15, -0.1) is 0 Å². The minimum absolute atomic E-state index is 0.104. The number of benzene rings is 2. The van der Waals surface area contributed by atoms with E-state index in [0.29, 0.717) is 17.3 Å². The number of nitrogens with zero attached hydrogens (tertiary/aromatic N) is 2. The molecule has 2 heterocycles. The third kappa shape index (κ3) is 3.66. The lowest BCUT2D eigenvalue weighted by molar-refractivity contribution is -0.123. The van der Waals surface area contributed by atoms with E-state index in [4.69, 9.17) is 11.6 Å². The fourth-order valence-corrected chi connectivity index (χ4v) is 3.66. The highest BCUT2D eigenvalue weighted by atomic mass is 35.5. The summed E-state index contributed by atoms with van der Waals surface area (Å²) in [5.41, 5.74) is 2.44. The van der Waals surface area contributed by atoms with Crippen molar-refractivity contribution >= 4 is 34.9 Å². The molecule has 0 bridgehead atoms. The highest BCUT2D eigenvalue weighted by Crippen LogP contribution is 2.39. The van der Waals surface area contributed by atoms with Gasteiger partial charge in [-0.3, -0.25) is 9.59 Å². The predicted molar refractivity (Wildman–Crippen MR) is 109 cm³/mol. The summed E-state index contributed by atoms with van der Waals surface area (Å²) in [6.45, 7) is 1.94. The molecule has 2 amide bonds. The van der Waals surface area contributed by atoms with Crippen LogP contribution >= 0.6 is 11.6 Å². The summed E-state index contributed by atoms with van der Waals surface area (Å²) in [5.74, 6) is -2.47. The first-order valence-electron chi connectivity index (χ1n) is 9.30. The average Bonchev–Trinajstić information content (AvgIpc) is 3.20. The van der Waals surface area contributed by atoms with Gasteiger partial charge in [0.25, 0.3) is 5.91 Å². The van der Waals surface area contributed by atoms with Crippen LogP contribution in [0.4, 0.5) is 20.3 Å². The summed E-state index contributed by atoms with van der Waals surface area (Å²) in [5, 5.41) is 10.4. The Morgan fingerprint density at radius 1 is 1.23 bits per heavy atom. The Hall–Kier alpha value is -3.26. The van der Waals surface area contributed by atoms with Crippen LogP contribution in [0.25, 0.3) is 11.1 Å². The minimum atomic E-state index is -1.07. The van der Waals surface area contributed by atoms with Crippen LogP contribution in [0.15, 0.2) is 42.5 Å². The van der Waals surface area contributed by atoms with Gasteiger partial charge < -0.3 is 10.6 Å². The fourth-order valence-electron chi connectivity index (χ4n) is 3.47. The van der Waals surface area contributed by atoms with Gasteiger partial charge in [-0.1, -0.05) is 30.7 Å². The van der Waals surface area contributed by atoms with Gasteiger partial charge in [-0.05, 0) is 36.2 Å². The van der Waals surface area contributed by atoms with Crippen LogP contribution in [-0.4, -0.2) is 21.6 Å². The number of fused-ring (bicyclic) bond motifs is 1. The molecule has 9 heteroatoms. The van der Waals surface area contributed by atoms with Crippen LogP contribution in [-0.2, 0) is 16.0 Å². The first-order valence-corrected chi connectivity index (χ1v) is 9.68. The number of nitrogens with one attached hydrogen (secondary N) is 2. The molecule has 0 aliphatic carbocycles. The van der Waals surface area contributed by atoms with Gasteiger partial charge in [0.1, 0.15) is 11.9 Å². The molecule has 0 saturated heterocycles. The molecule has 0 fully saturated rings. The Balaban J connectivity index is 1.61. The molecule has 1 aliphatic heterocycles. The number of halogens is 3. The summed E-state index contributed by atoms with van der Waals surface area (Å²) < 4.78 is 27.9. The number of aromatic nitrogens is 2. The highest BCUT2D eigenvalue weighted by molar-refractivity contribution is 6.30. The molecular formula is C21H17ClF2N4O2. The second-order valence-electron chi connectivity index (χ2n) is 6.87. The standard InChI is InChI=1S/C21H17ClF2N4O2/c1-2-16-19(11-4-3-5-12(22)8-11)20-26-21(30)17(28(20)27-16)10-18(29)25-13-6-7-14(23)15(24)9-13/h3-9,17H,2,10H2,1H3,(H,25,29)(H,26,30). The van der Waals surface area contributed by atoms with Gasteiger partial charge in [-0.2, -0.15) is 5.10 Å². The zero-order chi connectivity index (χ0) is 21.4. The second-order valence-corrected chi connectivity index (χ2v) is 7.30. The van der Waals surface area contributed by atoms with E-state index in [9.17, 15) is 18.4 Å². The Labute approximate surface area is 175 Å². The normalized spacial score (nSPS) is 15.1. The number of amides is 2. The summed E-state index contributed by atoms with van der Waals surface area (Å²) in [6.07, 6.45) is 0.406. The van der Waals surface area contributed by atoms with Gasteiger partial charge in [0, 0.05) is 22.3 Å². The lowest BCUT2D eigenvalue weighted by Crippen LogP contribution is -2.24. The van der Waals surface area contributed by atoms with Gasteiger partial charge >= 0.3 is 0 Å². The zero-order valence-electron chi connectivity index (χ0n) is 15.9. The number of anilines is 2. The Kier molecular flexibility index (Phi) is 5.26. The van der Waals surface area contributed by atoms with Crippen molar-refractivity contribution < 1.29 is 18.4 Å². The monoisotopic (exact) mass is 430 g/mol. The second kappa shape index (κ2) is 7.87. The van der Waals surface area contributed by atoms with E-state index in [2.05, 4.69) is 15.7 Å². The molecule has 2 N–H and O–H groups in total. The van der Waals surface area contributed by atoms with E-state index in [1.54, 1.807) is 12.1 Å². The van der Waals surface area contributed by atoms with Crippen LogP contribution in [0, 0.1) is 11.6 Å². The molecule has 1 atom stereocenters. The molecule has 1 aromatic heterocycles. The smallest absolute Gasteiger partial charge is 0.251 e. The molecule has 3 aromatic rings. The number of aryl methyl sites for hydroxylation is 1. The maximum Gasteiger partial charge on any atom is 0.251 e. The van der Waals surface area contributed by atoms with Crippen molar-refractivity contribution in [2.75, 3.05) is 10.6 Å². The molecule has 30 heavy (non-hydrogen) atoms. The fraction of sp³-hybridized carbons (Fsp3) is 0.190. The number of carbonyl (C=O) groups excluding carboxylic acids is 2. The number of hydrogen-bond donors (Lipinski definition) is 2. The molecule has 0 saturated carbocycles. The zero-order valence-corrected chi connectivity index (χ0v) is 16.6. The molecule has 154 valence electrons. The first kappa shape index (κ1) is 20.0. The van der Waals surface area contributed by atoms with Crippen LogP contribution < -0.4 is 10.6 Å². The van der Waals surface area contributed by atoms with Crippen LogP contribution in [0.1, 0.15) is 25.1 Å². The minimum Gasteiger partial charge on any atom is -0.326 e. The Morgan fingerprint density at radius 3 is 2.73 bits per heavy atom. The molecule has 1 unspecified atom stereocenters. The Morgan fingerprint density at radius 2 is 2.03 bits per heavy atom. The van der Waals surface area contributed by atoms with E-state index < -0.39 is 23.6 Å². The maximum absolute atomic E-state index is 13.4. The molecule has 0 spiro atoms. The van der Waals surface area contributed by atoms with Crippen molar-refractivity contribution in [3.63, 3.8) is 0 Å². The van der Waals surface area contributed by atoms with Crippen LogP contribution in [0.2, 0.25) is 5.02 Å². The van der Waals surface area contributed by atoms with E-state index >= 15 is 0 Å². The highest BCUT2D eigenvalue weighted by Gasteiger charge is 2.36. The van der Waals surface area contributed by atoms with E-state index in [-0.39, 0.29) is 18.0 Å². The first-order chi connectivity index (χ1) is 14.4. The lowest BCUT2D eigenvalue weighted by atomic mass is 10.0. The van der Waals surface area contributed by atoms with E-state index in [0.717, 1.165) is 29.0 Å². The SMILES string of the molecule is CCc1nn2c(c1-c1cccc(Cl)c1)NC(=O)C2CC(=O)Nc1ccc(F)c(F)c1. The molecule has 2 aromatic carbocycles. The van der Waals surface area contributed by atoms with Gasteiger partial charge in [0.05, 0.1) is 12.1 Å². The van der Waals surface area contributed by atoms with Crippen molar-refractivity contribution in [2.45, 2.75) is 25.8 Å². The summed E-state index contributed by atoms with van der Waals surface area (Å²) >= 11 is 6.11. The van der Waals surface area contributed by atoms with E-state index in [1.807, 2.05) is 19.1 Å². The topological polar surface area (TPSA) is 76.0 Å². The third-order valence-corrected chi connectivity index (χ3v) is 5.09. The Bertz CT molecular complexity index is 1160. The van der Waals surface area contributed by atoms with Crippen molar-refractivity contribution in [3.8, 4) is 11.1 Å². The number of rotatable bonds is 5. The van der Waals surface area contributed by atoms with E-state index in [1.165, 1.54) is 10.7 Å². The lowest BCUT2D eigenvalue weighted by Gasteiger charge is -2.10. The maximum atomic E-state index is 13.4. The van der Waals surface area contributed by atoms with Crippen molar-refractivity contribution in [1.82, 2.24) is 9.78 Å².